The summed E-state index contributed by atoms with van der Waals surface area (Å²) in [7, 11) is 0. The highest BCUT2D eigenvalue weighted by atomic mass is 35.5. The molecule has 0 aliphatic heterocycles. The van der Waals surface area contributed by atoms with Crippen molar-refractivity contribution >= 4 is 23.4 Å². The third-order valence-electron chi connectivity index (χ3n) is 4.38. The van der Waals surface area contributed by atoms with Crippen LogP contribution < -0.4 is 5.32 Å². The van der Waals surface area contributed by atoms with Crippen molar-refractivity contribution in [3.8, 4) is 22.5 Å². The summed E-state index contributed by atoms with van der Waals surface area (Å²) in [4.78, 5) is 20.8. The molecule has 7 heteroatoms. The number of nitrogens with one attached hydrogen (secondary N) is 1. The van der Waals surface area contributed by atoms with Crippen molar-refractivity contribution in [2.75, 3.05) is 5.32 Å². The number of nitrogens with zero attached hydrogens (tertiary/aromatic N) is 3. The first-order chi connectivity index (χ1) is 14.2. The molecule has 0 unspecified atom stereocenters. The number of rotatable bonds is 6. The maximum absolute atomic E-state index is 12.5. The normalized spacial score (nSPS) is 10.7. The van der Waals surface area contributed by atoms with E-state index in [0.29, 0.717) is 34.8 Å². The maximum Gasteiger partial charge on any atom is 0.241 e. The smallest absolute Gasteiger partial charge is 0.241 e. The Balaban J connectivity index is 1.61. The SMILES string of the molecule is O=C(CCc1ccccc1)Nc1onc(-c2ccc(Cl)cc2)c1-c1ccncn1. The molecule has 1 amide bonds. The molecule has 0 atom stereocenters. The zero-order valence-corrected chi connectivity index (χ0v) is 16.1. The zero-order chi connectivity index (χ0) is 20.1. The fourth-order valence-electron chi connectivity index (χ4n) is 2.95. The van der Waals surface area contributed by atoms with E-state index in [1.807, 2.05) is 42.5 Å². The summed E-state index contributed by atoms with van der Waals surface area (Å²) in [5.74, 6) is 0.0923. The lowest BCUT2D eigenvalue weighted by molar-refractivity contribution is -0.116. The molecule has 0 radical (unpaired) electrons. The van der Waals surface area contributed by atoms with Gasteiger partial charge in [-0.15, -0.1) is 0 Å². The number of hydrogen-bond donors (Lipinski definition) is 1. The van der Waals surface area contributed by atoms with E-state index in [-0.39, 0.29) is 11.8 Å². The van der Waals surface area contributed by atoms with Gasteiger partial charge in [0.2, 0.25) is 11.8 Å². The quantitative estimate of drug-likeness (QED) is 0.487. The van der Waals surface area contributed by atoms with Gasteiger partial charge in [-0.1, -0.05) is 59.2 Å². The first-order valence-electron chi connectivity index (χ1n) is 9.06. The predicted octanol–water partition coefficient (Wildman–Crippen LogP) is 5.02. The van der Waals surface area contributed by atoms with Gasteiger partial charge in [-0.25, -0.2) is 9.97 Å². The van der Waals surface area contributed by atoms with Crippen molar-refractivity contribution in [3.05, 3.63) is 83.8 Å². The van der Waals surface area contributed by atoms with E-state index < -0.39 is 0 Å². The molecule has 4 aromatic rings. The average molecular weight is 405 g/mol. The molecule has 2 heterocycles. The summed E-state index contributed by atoms with van der Waals surface area (Å²) < 4.78 is 5.48. The number of carbonyl (C=O) groups excluding carboxylic acids is 1. The summed E-state index contributed by atoms with van der Waals surface area (Å²) in [5, 5.41) is 7.62. The largest absolute Gasteiger partial charge is 0.337 e. The monoisotopic (exact) mass is 404 g/mol. The number of hydrogen-bond acceptors (Lipinski definition) is 5. The number of benzene rings is 2. The molecular weight excluding hydrogens is 388 g/mol. The second-order valence-corrected chi connectivity index (χ2v) is 6.81. The van der Waals surface area contributed by atoms with Gasteiger partial charge in [-0.3, -0.25) is 10.1 Å². The van der Waals surface area contributed by atoms with Gasteiger partial charge >= 0.3 is 0 Å². The summed E-state index contributed by atoms with van der Waals surface area (Å²) in [5.41, 5.74) is 3.67. The van der Waals surface area contributed by atoms with Gasteiger partial charge in [0.15, 0.2) is 0 Å². The Labute approximate surface area is 172 Å². The van der Waals surface area contributed by atoms with Crippen LogP contribution in [0, 0.1) is 0 Å². The van der Waals surface area contributed by atoms with Gasteiger partial charge in [0.25, 0.3) is 0 Å². The lowest BCUT2D eigenvalue weighted by atomic mass is 10.0. The molecule has 0 fully saturated rings. The Morgan fingerprint density at radius 3 is 2.55 bits per heavy atom. The summed E-state index contributed by atoms with van der Waals surface area (Å²) >= 11 is 5.99. The highest BCUT2D eigenvalue weighted by Gasteiger charge is 2.22. The van der Waals surface area contributed by atoms with Gasteiger partial charge in [0.1, 0.15) is 12.0 Å². The Hall–Kier alpha value is -3.51. The molecule has 144 valence electrons. The minimum atomic E-state index is -0.164. The van der Waals surface area contributed by atoms with Gasteiger partial charge in [0.05, 0.1) is 11.3 Å². The van der Waals surface area contributed by atoms with E-state index in [1.54, 1.807) is 24.4 Å². The van der Waals surface area contributed by atoms with Crippen LogP contribution in [0.15, 0.2) is 77.7 Å². The molecule has 4 rings (SSSR count). The number of carbonyl (C=O) groups is 1. The molecule has 0 aliphatic rings. The fourth-order valence-corrected chi connectivity index (χ4v) is 3.07. The van der Waals surface area contributed by atoms with Crippen LogP contribution in [0.3, 0.4) is 0 Å². The van der Waals surface area contributed by atoms with Crippen LogP contribution in [0.25, 0.3) is 22.5 Å². The second kappa shape index (κ2) is 8.67. The van der Waals surface area contributed by atoms with Crippen molar-refractivity contribution < 1.29 is 9.32 Å². The molecule has 0 bridgehead atoms. The van der Waals surface area contributed by atoms with Gasteiger partial charge in [-0.05, 0) is 30.2 Å². The Bertz CT molecular complexity index is 1100. The Morgan fingerprint density at radius 2 is 1.83 bits per heavy atom. The molecule has 2 aromatic carbocycles. The van der Waals surface area contributed by atoms with E-state index in [2.05, 4.69) is 20.4 Å². The standard InChI is InChI=1S/C22H17ClN4O2/c23-17-9-7-16(8-10-17)21-20(18-12-13-24-14-25-18)22(29-27-21)26-19(28)11-6-15-4-2-1-3-5-15/h1-5,7-10,12-14H,6,11H2,(H,26,28). The molecule has 2 aromatic heterocycles. The van der Waals surface area contributed by atoms with Crippen molar-refractivity contribution in [1.29, 1.82) is 0 Å². The number of amides is 1. The predicted molar refractivity (Wildman–Crippen MR) is 111 cm³/mol. The van der Waals surface area contributed by atoms with Gasteiger partial charge in [-0.2, -0.15) is 0 Å². The minimum absolute atomic E-state index is 0.164. The Kier molecular flexibility index (Phi) is 5.63. The number of halogens is 1. The third-order valence-corrected chi connectivity index (χ3v) is 4.64. The summed E-state index contributed by atoms with van der Waals surface area (Å²) in [6.07, 6.45) is 4.02. The summed E-state index contributed by atoms with van der Waals surface area (Å²) in [6, 6.07) is 18.8. The van der Waals surface area contributed by atoms with Crippen LogP contribution in [0.4, 0.5) is 5.88 Å². The minimum Gasteiger partial charge on any atom is -0.337 e. The molecule has 0 saturated heterocycles. The first kappa shape index (κ1) is 18.8. The van der Waals surface area contributed by atoms with E-state index in [4.69, 9.17) is 16.1 Å². The molecule has 0 spiro atoms. The van der Waals surface area contributed by atoms with E-state index >= 15 is 0 Å². The summed E-state index contributed by atoms with van der Waals surface area (Å²) in [6.45, 7) is 0. The zero-order valence-electron chi connectivity index (χ0n) is 15.4. The van der Waals surface area contributed by atoms with Crippen LogP contribution in [0.2, 0.25) is 5.02 Å². The molecular formula is C22H17ClN4O2. The molecule has 6 nitrogen and oxygen atoms in total. The van der Waals surface area contributed by atoms with Crippen molar-refractivity contribution in [2.24, 2.45) is 0 Å². The second-order valence-electron chi connectivity index (χ2n) is 6.37. The molecule has 0 saturated carbocycles. The van der Waals surface area contributed by atoms with Gasteiger partial charge < -0.3 is 4.52 Å². The number of aryl methyl sites for hydroxylation is 1. The highest BCUT2D eigenvalue weighted by Crippen LogP contribution is 2.37. The first-order valence-corrected chi connectivity index (χ1v) is 9.44. The molecule has 0 aliphatic carbocycles. The Morgan fingerprint density at radius 1 is 1.03 bits per heavy atom. The lowest BCUT2D eigenvalue weighted by Gasteiger charge is -2.06. The van der Waals surface area contributed by atoms with E-state index in [9.17, 15) is 4.79 Å². The maximum atomic E-state index is 12.5. The third kappa shape index (κ3) is 4.50. The van der Waals surface area contributed by atoms with E-state index in [0.717, 1.165) is 11.1 Å². The van der Waals surface area contributed by atoms with Crippen LogP contribution in [0.5, 0.6) is 0 Å². The van der Waals surface area contributed by atoms with Crippen LogP contribution in [0.1, 0.15) is 12.0 Å². The van der Waals surface area contributed by atoms with Crippen LogP contribution >= 0.6 is 11.6 Å². The lowest BCUT2D eigenvalue weighted by Crippen LogP contribution is -2.12. The molecule has 1 N–H and O–H groups in total. The van der Waals surface area contributed by atoms with E-state index in [1.165, 1.54) is 6.33 Å². The number of aromatic nitrogens is 3. The topological polar surface area (TPSA) is 80.9 Å². The fraction of sp³-hybridized carbons (Fsp3) is 0.0909. The number of anilines is 1. The van der Waals surface area contributed by atoms with Crippen molar-refractivity contribution in [2.45, 2.75) is 12.8 Å². The average Bonchev–Trinajstić information content (AvgIpc) is 3.17. The highest BCUT2D eigenvalue weighted by molar-refractivity contribution is 6.30. The van der Waals surface area contributed by atoms with Crippen molar-refractivity contribution in [1.82, 2.24) is 15.1 Å². The molecule has 29 heavy (non-hydrogen) atoms. The van der Waals surface area contributed by atoms with Crippen molar-refractivity contribution in [3.63, 3.8) is 0 Å². The van der Waals surface area contributed by atoms with Gasteiger partial charge in [0, 0.05) is 23.2 Å². The van der Waals surface area contributed by atoms with Crippen LogP contribution in [-0.4, -0.2) is 21.0 Å². The van der Waals surface area contributed by atoms with Crippen LogP contribution in [-0.2, 0) is 11.2 Å².